The van der Waals surface area contributed by atoms with Crippen LogP contribution in [0.5, 0.6) is 0 Å². The molecule has 2 aromatic carbocycles. The molecule has 0 aliphatic heterocycles. The Balaban J connectivity index is 2.27. The van der Waals surface area contributed by atoms with Crippen LogP contribution in [0.3, 0.4) is 0 Å². The van der Waals surface area contributed by atoms with Crippen molar-refractivity contribution in [3.05, 3.63) is 92.0 Å². The summed E-state index contributed by atoms with van der Waals surface area (Å²) in [6.45, 7) is 5.51. The second kappa shape index (κ2) is 8.86. The number of amides is 1. The summed E-state index contributed by atoms with van der Waals surface area (Å²) in [5, 5.41) is 6.60. The van der Waals surface area contributed by atoms with Gasteiger partial charge < -0.3 is 5.32 Å². The Hall–Kier alpha value is -3.55. The molecule has 3 rings (SSSR count). The Morgan fingerprint density at radius 1 is 1.17 bits per heavy atom. The first-order chi connectivity index (χ1) is 14.3. The number of hydrogen-bond donors (Lipinski definition) is 1. The van der Waals surface area contributed by atoms with Gasteiger partial charge in [0, 0.05) is 12.6 Å². The molecule has 1 heterocycles. The van der Waals surface area contributed by atoms with Crippen LogP contribution >= 0.6 is 0 Å². The van der Waals surface area contributed by atoms with Gasteiger partial charge in [-0.05, 0) is 37.5 Å². The van der Waals surface area contributed by atoms with Gasteiger partial charge in [0.25, 0.3) is 11.5 Å². The zero-order valence-corrected chi connectivity index (χ0v) is 17.1. The van der Waals surface area contributed by atoms with Gasteiger partial charge in [-0.15, -0.1) is 0 Å². The molecule has 1 N–H and O–H groups in total. The van der Waals surface area contributed by atoms with Gasteiger partial charge in [0.1, 0.15) is 5.82 Å². The van der Waals surface area contributed by atoms with Crippen molar-refractivity contribution in [3.8, 4) is 5.69 Å². The highest BCUT2D eigenvalue weighted by molar-refractivity contribution is 5.91. The van der Waals surface area contributed by atoms with Crippen molar-refractivity contribution < 1.29 is 9.18 Å². The van der Waals surface area contributed by atoms with E-state index in [1.54, 1.807) is 38.1 Å². The fourth-order valence-electron chi connectivity index (χ4n) is 3.06. The van der Waals surface area contributed by atoms with E-state index in [4.69, 9.17) is 0 Å². The van der Waals surface area contributed by atoms with Crippen LogP contribution in [0.1, 0.15) is 47.9 Å². The molecule has 0 aliphatic carbocycles. The molecule has 0 saturated heterocycles. The van der Waals surface area contributed by atoms with E-state index in [9.17, 15) is 18.8 Å². The number of rotatable bonds is 6. The van der Waals surface area contributed by atoms with Crippen LogP contribution in [-0.2, 0) is 0 Å². The van der Waals surface area contributed by atoms with Crippen molar-refractivity contribution in [1.82, 2.24) is 19.7 Å². The fraction of sp³-hybridized carbons (Fsp3) is 0.273. The average molecular weight is 410 g/mol. The van der Waals surface area contributed by atoms with Gasteiger partial charge in [0.2, 0.25) is 5.69 Å². The van der Waals surface area contributed by atoms with Crippen molar-refractivity contribution in [2.75, 3.05) is 6.54 Å². The van der Waals surface area contributed by atoms with Crippen molar-refractivity contribution >= 4 is 5.91 Å². The standard InChI is InChI=1S/C22H23FN4O3/c1-4-12-24-20(28)19-21(29)26(15(3)16-8-6-5-7-9-16)22(30)27(25-19)17-11-10-14(2)18(23)13-17/h5-11,13,15H,4,12H2,1-3H3,(H,24,28)/t15-/m0/s1. The first-order valence-corrected chi connectivity index (χ1v) is 9.70. The van der Waals surface area contributed by atoms with Gasteiger partial charge in [-0.3, -0.25) is 9.59 Å². The van der Waals surface area contributed by atoms with E-state index in [-0.39, 0.29) is 5.69 Å². The molecule has 8 heteroatoms. The Bertz CT molecular complexity index is 1190. The highest BCUT2D eigenvalue weighted by Crippen LogP contribution is 2.15. The lowest BCUT2D eigenvalue weighted by Gasteiger charge is -2.18. The predicted octanol–water partition coefficient (Wildman–Crippen LogP) is 2.59. The zero-order valence-electron chi connectivity index (χ0n) is 17.1. The SMILES string of the molecule is CCCNC(=O)c1nn(-c2ccc(C)c(F)c2)c(=O)n([C@@H](C)c2ccccc2)c1=O. The average Bonchev–Trinajstić information content (AvgIpc) is 2.75. The molecular weight excluding hydrogens is 387 g/mol. The third-order valence-electron chi connectivity index (χ3n) is 4.83. The first kappa shape index (κ1) is 21.2. The van der Waals surface area contributed by atoms with Crippen molar-refractivity contribution in [2.45, 2.75) is 33.2 Å². The van der Waals surface area contributed by atoms with Crippen LogP contribution in [-0.4, -0.2) is 26.8 Å². The smallest absolute Gasteiger partial charge is 0.350 e. The van der Waals surface area contributed by atoms with E-state index in [0.29, 0.717) is 24.1 Å². The van der Waals surface area contributed by atoms with Gasteiger partial charge in [0.05, 0.1) is 11.7 Å². The van der Waals surface area contributed by atoms with Crippen LogP contribution in [0.2, 0.25) is 0 Å². The Labute approximate surface area is 172 Å². The predicted molar refractivity (Wildman–Crippen MR) is 112 cm³/mol. The molecule has 0 saturated carbocycles. The number of hydrogen-bond acceptors (Lipinski definition) is 4. The van der Waals surface area contributed by atoms with Crippen LogP contribution in [0.4, 0.5) is 4.39 Å². The van der Waals surface area contributed by atoms with Crippen molar-refractivity contribution in [3.63, 3.8) is 0 Å². The van der Waals surface area contributed by atoms with Gasteiger partial charge in [-0.25, -0.2) is 13.8 Å². The molecule has 0 radical (unpaired) electrons. The number of aromatic nitrogens is 3. The van der Waals surface area contributed by atoms with Crippen LogP contribution in [0, 0.1) is 12.7 Å². The molecule has 1 aromatic heterocycles. The lowest BCUT2D eigenvalue weighted by molar-refractivity contribution is 0.0943. The molecule has 0 aliphatic rings. The van der Waals surface area contributed by atoms with E-state index >= 15 is 0 Å². The highest BCUT2D eigenvalue weighted by Gasteiger charge is 2.23. The van der Waals surface area contributed by atoms with Crippen LogP contribution in [0.25, 0.3) is 5.69 Å². The van der Waals surface area contributed by atoms with Gasteiger partial charge in [-0.1, -0.05) is 43.3 Å². The van der Waals surface area contributed by atoms with E-state index in [0.717, 1.165) is 15.3 Å². The minimum atomic E-state index is -0.797. The number of halogens is 1. The summed E-state index contributed by atoms with van der Waals surface area (Å²) >= 11 is 0. The van der Waals surface area contributed by atoms with Crippen molar-refractivity contribution in [1.29, 1.82) is 0 Å². The second-order valence-corrected chi connectivity index (χ2v) is 6.99. The molecule has 1 amide bonds. The summed E-state index contributed by atoms with van der Waals surface area (Å²) in [5.74, 6) is -1.20. The molecule has 7 nitrogen and oxygen atoms in total. The molecule has 30 heavy (non-hydrogen) atoms. The number of nitrogens with one attached hydrogen (secondary N) is 1. The normalized spacial score (nSPS) is 11.9. The maximum Gasteiger partial charge on any atom is 0.352 e. The van der Waals surface area contributed by atoms with Gasteiger partial charge in [-0.2, -0.15) is 9.78 Å². The highest BCUT2D eigenvalue weighted by atomic mass is 19.1. The topological polar surface area (TPSA) is 86.0 Å². The van der Waals surface area contributed by atoms with E-state index in [2.05, 4.69) is 10.4 Å². The number of aryl methyl sites for hydroxylation is 1. The number of carbonyl (C=O) groups is 1. The summed E-state index contributed by atoms with van der Waals surface area (Å²) in [4.78, 5) is 38.8. The minimum absolute atomic E-state index is 0.127. The van der Waals surface area contributed by atoms with Gasteiger partial charge >= 0.3 is 5.69 Å². The third kappa shape index (κ3) is 4.07. The van der Waals surface area contributed by atoms with Crippen LogP contribution in [0.15, 0.2) is 58.1 Å². The van der Waals surface area contributed by atoms with E-state index in [1.807, 2.05) is 13.0 Å². The summed E-state index contributed by atoms with van der Waals surface area (Å²) in [6.07, 6.45) is 0.670. The van der Waals surface area contributed by atoms with Crippen LogP contribution < -0.4 is 16.6 Å². The van der Waals surface area contributed by atoms with E-state index in [1.165, 1.54) is 12.1 Å². The second-order valence-electron chi connectivity index (χ2n) is 6.99. The minimum Gasteiger partial charge on any atom is -0.350 e. The number of carbonyl (C=O) groups excluding carboxylic acids is 1. The summed E-state index contributed by atoms with van der Waals surface area (Å²) in [7, 11) is 0. The van der Waals surface area contributed by atoms with E-state index < -0.39 is 34.7 Å². The summed E-state index contributed by atoms with van der Waals surface area (Å²) < 4.78 is 16.0. The maximum absolute atomic E-state index is 14.1. The van der Waals surface area contributed by atoms with Crippen molar-refractivity contribution in [2.24, 2.45) is 0 Å². The molecule has 0 spiro atoms. The third-order valence-corrected chi connectivity index (χ3v) is 4.83. The Kier molecular flexibility index (Phi) is 6.25. The fourth-order valence-corrected chi connectivity index (χ4v) is 3.06. The quantitative estimate of drug-likeness (QED) is 0.677. The lowest BCUT2D eigenvalue weighted by atomic mass is 10.1. The Morgan fingerprint density at radius 3 is 2.50 bits per heavy atom. The Morgan fingerprint density at radius 2 is 1.87 bits per heavy atom. The molecule has 156 valence electrons. The summed E-state index contributed by atoms with van der Waals surface area (Å²) in [5.41, 5.74) is -0.739. The molecular formula is C22H23FN4O3. The number of benzene rings is 2. The largest absolute Gasteiger partial charge is 0.352 e. The molecule has 0 unspecified atom stereocenters. The first-order valence-electron chi connectivity index (χ1n) is 9.70. The molecule has 1 atom stereocenters. The molecule has 0 fully saturated rings. The zero-order chi connectivity index (χ0) is 21.8. The molecule has 0 bridgehead atoms. The molecule has 3 aromatic rings. The monoisotopic (exact) mass is 410 g/mol. The summed E-state index contributed by atoms with van der Waals surface area (Å²) in [6, 6.07) is 12.5. The lowest BCUT2D eigenvalue weighted by Crippen LogP contribution is -2.47. The van der Waals surface area contributed by atoms with Gasteiger partial charge in [0.15, 0.2) is 0 Å². The maximum atomic E-state index is 14.1. The number of nitrogens with zero attached hydrogens (tertiary/aromatic N) is 3.